The van der Waals surface area contributed by atoms with Crippen LogP contribution in [0.3, 0.4) is 0 Å². The van der Waals surface area contributed by atoms with Crippen molar-refractivity contribution in [1.29, 1.82) is 0 Å². The Bertz CT molecular complexity index is 1030. The molecule has 0 aliphatic carbocycles. The Morgan fingerprint density at radius 3 is 2.80 bits per heavy atom. The Labute approximate surface area is 190 Å². The summed E-state index contributed by atoms with van der Waals surface area (Å²) < 4.78 is 11.5. The number of methoxy groups -OCH3 is 1. The van der Waals surface area contributed by atoms with E-state index in [0.29, 0.717) is 27.5 Å². The molecule has 0 bridgehead atoms. The van der Waals surface area contributed by atoms with E-state index >= 15 is 0 Å². The van der Waals surface area contributed by atoms with Crippen LogP contribution >= 0.6 is 35.4 Å². The molecule has 0 amide bonds. The molecule has 1 aliphatic rings. The first-order valence-corrected chi connectivity index (χ1v) is 10.8. The summed E-state index contributed by atoms with van der Waals surface area (Å²) in [5, 5.41) is 5.04. The summed E-state index contributed by atoms with van der Waals surface area (Å²) in [5.41, 5.74) is 1.65. The van der Waals surface area contributed by atoms with Gasteiger partial charge in [0.05, 0.1) is 21.8 Å². The summed E-state index contributed by atoms with van der Waals surface area (Å²) in [6.45, 7) is 1.39. The molecule has 1 aliphatic heterocycles. The van der Waals surface area contributed by atoms with Crippen molar-refractivity contribution >= 4 is 40.5 Å². The fraction of sp³-hybridized carbons (Fsp3) is 0.273. The van der Waals surface area contributed by atoms with E-state index in [1.165, 1.54) is 0 Å². The van der Waals surface area contributed by atoms with Crippen molar-refractivity contribution in [3.63, 3.8) is 0 Å². The molecule has 1 saturated heterocycles. The molecule has 1 aromatic carbocycles. The molecule has 2 atom stereocenters. The molecule has 3 aromatic rings. The quantitative estimate of drug-likeness (QED) is 0.361. The molecule has 0 unspecified atom stereocenters. The van der Waals surface area contributed by atoms with Gasteiger partial charge < -0.3 is 19.4 Å². The topological polar surface area (TPSA) is 50.5 Å². The van der Waals surface area contributed by atoms with Gasteiger partial charge >= 0.3 is 0 Å². The number of hydrogen-bond acceptors (Lipinski definition) is 4. The van der Waals surface area contributed by atoms with Crippen molar-refractivity contribution in [3.05, 3.63) is 76.2 Å². The summed E-state index contributed by atoms with van der Waals surface area (Å²) in [6.07, 6.45) is 2.63. The van der Waals surface area contributed by atoms with Crippen molar-refractivity contribution in [2.75, 3.05) is 20.3 Å². The second-order valence-corrected chi connectivity index (χ2v) is 8.14. The summed E-state index contributed by atoms with van der Waals surface area (Å²) in [4.78, 5) is 6.67. The molecule has 0 saturated carbocycles. The van der Waals surface area contributed by atoms with Gasteiger partial charge in [0, 0.05) is 32.0 Å². The summed E-state index contributed by atoms with van der Waals surface area (Å²) in [7, 11) is 1.70. The van der Waals surface area contributed by atoms with Crippen LogP contribution < -0.4 is 5.32 Å². The second-order valence-electron chi connectivity index (χ2n) is 6.97. The molecule has 0 radical (unpaired) electrons. The van der Waals surface area contributed by atoms with Gasteiger partial charge in [-0.3, -0.25) is 4.98 Å². The van der Waals surface area contributed by atoms with E-state index in [0.717, 1.165) is 30.0 Å². The van der Waals surface area contributed by atoms with E-state index in [1.807, 2.05) is 42.5 Å². The van der Waals surface area contributed by atoms with E-state index in [2.05, 4.69) is 15.2 Å². The lowest BCUT2D eigenvalue weighted by Crippen LogP contribution is -2.31. The normalized spacial score (nSPS) is 18.6. The van der Waals surface area contributed by atoms with Crippen LogP contribution in [0, 0.1) is 0 Å². The fourth-order valence-corrected chi connectivity index (χ4v) is 4.41. The van der Waals surface area contributed by atoms with Crippen LogP contribution in [0.4, 0.5) is 0 Å². The standard InChI is InChI=1S/C22H21Cl2N3O2S/c1-28-13-5-12-27-21(20(26-22(27)30)16-8-2-3-11-25-16)18-10-9-17(29-18)14-6-4-7-15(23)19(14)24/h2-4,6-11,20-21H,5,12-13H2,1H3,(H,26,30)/t20-,21+/m0/s1. The number of nitrogens with zero attached hydrogens (tertiary/aromatic N) is 2. The molecule has 0 spiro atoms. The van der Waals surface area contributed by atoms with Crippen molar-refractivity contribution in [2.45, 2.75) is 18.5 Å². The zero-order valence-electron chi connectivity index (χ0n) is 16.3. The number of benzene rings is 1. The third-order valence-electron chi connectivity index (χ3n) is 5.08. The van der Waals surface area contributed by atoms with Crippen LogP contribution in [0.2, 0.25) is 10.0 Å². The van der Waals surface area contributed by atoms with Gasteiger partial charge in [0.2, 0.25) is 0 Å². The molecule has 4 rings (SSSR count). The number of aromatic nitrogens is 1. The zero-order chi connectivity index (χ0) is 21.1. The van der Waals surface area contributed by atoms with Crippen molar-refractivity contribution in [1.82, 2.24) is 15.2 Å². The van der Waals surface area contributed by atoms with E-state index in [4.69, 9.17) is 44.6 Å². The Balaban J connectivity index is 1.71. The smallest absolute Gasteiger partial charge is 0.170 e. The maximum absolute atomic E-state index is 6.40. The summed E-state index contributed by atoms with van der Waals surface area (Å²) in [5.74, 6) is 1.44. The number of hydrogen-bond donors (Lipinski definition) is 1. The maximum atomic E-state index is 6.40. The molecule has 1 fully saturated rings. The molecule has 156 valence electrons. The zero-order valence-corrected chi connectivity index (χ0v) is 18.7. The highest BCUT2D eigenvalue weighted by atomic mass is 35.5. The van der Waals surface area contributed by atoms with Crippen molar-refractivity contribution in [2.24, 2.45) is 0 Å². The largest absolute Gasteiger partial charge is 0.459 e. The van der Waals surface area contributed by atoms with Crippen LogP contribution in [0.5, 0.6) is 0 Å². The van der Waals surface area contributed by atoms with Gasteiger partial charge in [0.1, 0.15) is 17.6 Å². The molecule has 2 aromatic heterocycles. The van der Waals surface area contributed by atoms with Gasteiger partial charge in [-0.1, -0.05) is 35.3 Å². The fourth-order valence-electron chi connectivity index (χ4n) is 3.69. The van der Waals surface area contributed by atoms with E-state index in [-0.39, 0.29) is 12.1 Å². The molecule has 1 N–H and O–H groups in total. The van der Waals surface area contributed by atoms with Crippen molar-refractivity contribution in [3.8, 4) is 11.3 Å². The van der Waals surface area contributed by atoms with Crippen LogP contribution in [-0.4, -0.2) is 35.3 Å². The van der Waals surface area contributed by atoms with Crippen molar-refractivity contribution < 1.29 is 9.15 Å². The Hall–Kier alpha value is -2.12. The molecule has 5 nitrogen and oxygen atoms in total. The van der Waals surface area contributed by atoms with Gasteiger partial charge in [0.25, 0.3) is 0 Å². The summed E-state index contributed by atoms with van der Waals surface area (Å²) in [6, 6.07) is 15.0. The third kappa shape index (κ3) is 4.18. The first kappa shape index (κ1) is 21.1. The van der Waals surface area contributed by atoms with Gasteiger partial charge in [-0.15, -0.1) is 0 Å². The first-order chi connectivity index (χ1) is 14.6. The lowest BCUT2D eigenvalue weighted by atomic mass is 10.0. The highest BCUT2D eigenvalue weighted by Crippen LogP contribution is 2.42. The van der Waals surface area contributed by atoms with Crippen LogP contribution in [-0.2, 0) is 4.74 Å². The van der Waals surface area contributed by atoms with E-state index in [9.17, 15) is 0 Å². The highest BCUT2D eigenvalue weighted by molar-refractivity contribution is 7.80. The molecule has 8 heteroatoms. The minimum Gasteiger partial charge on any atom is -0.459 e. The second kappa shape index (κ2) is 9.35. The first-order valence-electron chi connectivity index (χ1n) is 9.61. The monoisotopic (exact) mass is 461 g/mol. The minimum atomic E-state index is -0.143. The Kier molecular flexibility index (Phi) is 6.58. The summed E-state index contributed by atoms with van der Waals surface area (Å²) >= 11 is 18.2. The van der Waals surface area contributed by atoms with E-state index in [1.54, 1.807) is 19.4 Å². The number of pyridine rings is 1. The number of ether oxygens (including phenoxy) is 1. The van der Waals surface area contributed by atoms with Gasteiger partial charge in [-0.05, 0) is 55.0 Å². The SMILES string of the molecule is COCCCN1C(=S)N[C@@H](c2ccccn2)[C@H]1c1ccc(-c2cccc(Cl)c2Cl)o1. The third-order valence-corrected chi connectivity index (χ3v) is 6.25. The predicted molar refractivity (Wildman–Crippen MR) is 123 cm³/mol. The van der Waals surface area contributed by atoms with Crippen LogP contribution in [0.15, 0.2) is 59.1 Å². The van der Waals surface area contributed by atoms with Crippen LogP contribution in [0.25, 0.3) is 11.3 Å². The molecular weight excluding hydrogens is 441 g/mol. The maximum Gasteiger partial charge on any atom is 0.170 e. The number of thiocarbonyl (C=S) groups is 1. The molecular formula is C22H21Cl2N3O2S. The highest BCUT2D eigenvalue weighted by Gasteiger charge is 2.41. The van der Waals surface area contributed by atoms with Gasteiger partial charge in [-0.2, -0.15) is 0 Å². The number of halogens is 2. The number of nitrogens with one attached hydrogen (secondary N) is 1. The predicted octanol–water partition coefficient (Wildman–Crippen LogP) is 5.66. The number of rotatable bonds is 7. The molecule has 30 heavy (non-hydrogen) atoms. The molecule has 3 heterocycles. The van der Waals surface area contributed by atoms with Gasteiger partial charge in [0.15, 0.2) is 5.11 Å². The Morgan fingerprint density at radius 1 is 1.17 bits per heavy atom. The van der Waals surface area contributed by atoms with Gasteiger partial charge in [-0.25, -0.2) is 0 Å². The van der Waals surface area contributed by atoms with E-state index < -0.39 is 0 Å². The number of furan rings is 1. The lowest BCUT2D eigenvalue weighted by Gasteiger charge is -2.26. The van der Waals surface area contributed by atoms with Crippen LogP contribution in [0.1, 0.15) is 30.0 Å². The average molecular weight is 462 g/mol. The Morgan fingerprint density at radius 2 is 2.03 bits per heavy atom. The minimum absolute atomic E-state index is 0.130. The lowest BCUT2D eigenvalue weighted by molar-refractivity contribution is 0.177. The average Bonchev–Trinajstić information content (AvgIpc) is 3.36.